The number of aliphatic hydroxyl groups is 1. The predicted octanol–water partition coefficient (Wildman–Crippen LogP) is 1.49. The second kappa shape index (κ2) is 4.49. The molecule has 1 aromatic rings. The highest BCUT2D eigenvalue weighted by Crippen LogP contribution is 2.25. The molecule has 0 aliphatic carbocycles. The third-order valence-corrected chi connectivity index (χ3v) is 2.94. The van der Waals surface area contributed by atoms with Crippen LogP contribution in [0.5, 0.6) is 0 Å². The third-order valence-electron chi connectivity index (χ3n) is 2.71. The predicted molar refractivity (Wildman–Crippen MR) is 64.7 cm³/mol. The Hall–Kier alpha value is -0.970. The highest BCUT2D eigenvalue weighted by Gasteiger charge is 2.31. The number of hydrogen-bond donors (Lipinski definition) is 3. The van der Waals surface area contributed by atoms with E-state index in [1.54, 1.807) is 18.2 Å². The van der Waals surface area contributed by atoms with Gasteiger partial charge in [-0.1, -0.05) is 11.6 Å². The summed E-state index contributed by atoms with van der Waals surface area (Å²) in [7, 11) is 0. The van der Waals surface area contributed by atoms with Crippen LogP contribution in [0, 0.1) is 0 Å². The van der Waals surface area contributed by atoms with Gasteiger partial charge in [-0.05, 0) is 18.2 Å². The van der Waals surface area contributed by atoms with Crippen LogP contribution in [0.2, 0.25) is 5.02 Å². The lowest BCUT2D eigenvalue weighted by Crippen LogP contribution is -2.37. The lowest BCUT2D eigenvalue weighted by atomic mass is 10.0. The lowest BCUT2D eigenvalue weighted by Gasteiger charge is -2.22. The highest BCUT2D eigenvalue weighted by molar-refractivity contribution is 6.31. The number of halogens is 1. The molecule has 1 fully saturated rings. The first-order valence-electron chi connectivity index (χ1n) is 5.18. The Morgan fingerprint density at radius 2 is 2.38 bits per heavy atom. The van der Waals surface area contributed by atoms with Gasteiger partial charge in [0.05, 0.1) is 18.0 Å². The van der Waals surface area contributed by atoms with Gasteiger partial charge in [-0.3, -0.25) is 0 Å². The monoisotopic (exact) mass is 242 g/mol. The SMILES string of the molecule is Nc1ccc(Cl)cc1NCC1(O)CCOC1. The van der Waals surface area contributed by atoms with Gasteiger partial charge in [-0.15, -0.1) is 0 Å². The van der Waals surface area contributed by atoms with Gasteiger partial charge in [0.1, 0.15) is 5.60 Å². The Morgan fingerprint density at radius 1 is 1.56 bits per heavy atom. The first-order chi connectivity index (χ1) is 7.59. The van der Waals surface area contributed by atoms with Crippen LogP contribution < -0.4 is 11.1 Å². The molecule has 1 aliphatic rings. The zero-order valence-electron chi connectivity index (χ0n) is 8.87. The van der Waals surface area contributed by atoms with Gasteiger partial charge in [-0.2, -0.15) is 0 Å². The molecule has 1 aliphatic heterocycles. The summed E-state index contributed by atoms with van der Waals surface area (Å²) in [6.45, 7) is 1.38. The Balaban J connectivity index is 2.01. The molecule has 0 saturated carbocycles. The van der Waals surface area contributed by atoms with E-state index in [0.717, 1.165) is 5.69 Å². The summed E-state index contributed by atoms with van der Waals surface area (Å²) >= 11 is 5.86. The molecule has 88 valence electrons. The van der Waals surface area contributed by atoms with Crippen molar-refractivity contribution in [1.82, 2.24) is 0 Å². The van der Waals surface area contributed by atoms with Crippen molar-refractivity contribution in [3.8, 4) is 0 Å². The normalized spacial score (nSPS) is 24.6. The fourth-order valence-corrected chi connectivity index (χ4v) is 1.85. The summed E-state index contributed by atoms with van der Waals surface area (Å²) in [5.41, 5.74) is 6.35. The zero-order chi connectivity index (χ0) is 11.6. The lowest BCUT2D eigenvalue weighted by molar-refractivity contribution is 0.0382. The number of ether oxygens (including phenoxy) is 1. The summed E-state index contributed by atoms with van der Waals surface area (Å²) in [5.74, 6) is 0. The van der Waals surface area contributed by atoms with Crippen molar-refractivity contribution < 1.29 is 9.84 Å². The smallest absolute Gasteiger partial charge is 0.107 e. The van der Waals surface area contributed by atoms with Crippen LogP contribution in [-0.2, 0) is 4.74 Å². The number of anilines is 2. The molecule has 1 heterocycles. The van der Waals surface area contributed by atoms with E-state index in [4.69, 9.17) is 22.1 Å². The minimum Gasteiger partial charge on any atom is -0.397 e. The van der Waals surface area contributed by atoms with Crippen molar-refractivity contribution in [2.75, 3.05) is 30.8 Å². The maximum absolute atomic E-state index is 10.1. The number of nitrogens with one attached hydrogen (secondary N) is 1. The number of rotatable bonds is 3. The van der Waals surface area contributed by atoms with Gasteiger partial charge in [0.15, 0.2) is 0 Å². The molecule has 1 aromatic carbocycles. The van der Waals surface area contributed by atoms with Crippen LogP contribution in [0.4, 0.5) is 11.4 Å². The quantitative estimate of drug-likeness (QED) is 0.703. The second-order valence-electron chi connectivity index (χ2n) is 4.11. The third kappa shape index (κ3) is 2.58. The molecular formula is C11H15ClN2O2. The van der Waals surface area contributed by atoms with E-state index >= 15 is 0 Å². The Labute approximate surface area is 99.4 Å². The zero-order valence-corrected chi connectivity index (χ0v) is 9.63. The van der Waals surface area contributed by atoms with Gasteiger partial charge in [0, 0.05) is 24.6 Å². The summed E-state index contributed by atoms with van der Waals surface area (Å²) in [5, 5.41) is 13.8. The number of nitrogens with two attached hydrogens (primary N) is 1. The largest absolute Gasteiger partial charge is 0.397 e. The van der Waals surface area contributed by atoms with E-state index in [2.05, 4.69) is 5.32 Å². The molecule has 0 amide bonds. The van der Waals surface area contributed by atoms with E-state index < -0.39 is 5.60 Å². The maximum Gasteiger partial charge on any atom is 0.107 e. The highest BCUT2D eigenvalue weighted by atomic mass is 35.5. The van der Waals surface area contributed by atoms with Crippen LogP contribution in [0.15, 0.2) is 18.2 Å². The van der Waals surface area contributed by atoms with E-state index in [0.29, 0.717) is 36.9 Å². The molecule has 1 saturated heterocycles. The molecule has 2 rings (SSSR count). The van der Waals surface area contributed by atoms with Gasteiger partial charge >= 0.3 is 0 Å². The fraction of sp³-hybridized carbons (Fsp3) is 0.455. The van der Waals surface area contributed by atoms with Crippen LogP contribution in [-0.4, -0.2) is 30.5 Å². The summed E-state index contributed by atoms with van der Waals surface area (Å²) in [6.07, 6.45) is 0.639. The summed E-state index contributed by atoms with van der Waals surface area (Å²) in [6, 6.07) is 5.21. The summed E-state index contributed by atoms with van der Waals surface area (Å²) < 4.78 is 5.16. The van der Waals surface area contributed by atoms with Crippen molar-refractivity contribution >= 4 is 23.0 Å². The maximum atomic E-state index is 10.1. The minimum atomic E-state index is -0.797. The van der Waals surface area contributed by atoms with Crippen molar-refractivity contribution in [1.29, 1.82) is 0 Å². The van der Waals surface area contributed by atoms with E-state index in [1.165, 1.54) is 0 Å². The molecule has 0 spiro atoms. The van der Waals surface area contributed by atoms with Crippen molar-refractivity contribution in [2.45, 2.75) is 12.0 Å². The fourth-order valence-electron chi connectivity index (χ4n) is 1.68. The molecule has 0 bridgehead atoms. The van der Waals surface area contributed by atoms with Gasteiger partial charge < -0.3 is 20.9 Å². The van der Waals surface area contributed by atoms with Crippen LogP contribution in [0.1, 0.15) is 6.42 Å². The number of nitrogen functional groups attached to an aromatic ring is 1. The average molecular weight is 243 g/mol. The van der Waals surface area contributed by atoms with Gasteiger partial charge in [0.2, 0.25) is 0 Å². The second-order valence-corrected chi connectivity index (χ2v) is 4.55. The van der Waals surface area contributed by atoms with Crippen LogP contribution in [0.3, 0.4) is 0 Å². The molecule has 0 radical (unpaired) electrons. The van der Waals surface area contributed by atoms with Gasteiger partial charge in [0.25, 0.3) is 0 Å². The van der Waals surface area contributed by atoms with Crippen LogP contribution >= 0.6 is 11.6 Å². The number of benzene rings is 1. The van der Waals surface area contributed by atoms with E-state index in [1.807, 2.05) is 0 Å². The first-order valence-corrected chi connectivity index (χ1v) is 5.56. The Morgan fingerprint density at radius 3 is 3.06 bits per heavy atom. The van der Waals surface area contributed by atoms with E-state index in [9.17, 15) is 5.11 Å². The standard InChI is InChI=1S/C11H15ClN2O2/c12-8-1-2-9(13)10(5-8)14-6-11(15)3-4-16-7-11/h1-2,5,14-15H,3-4,6-7,13H2. The molecule has 4 N–H and O–H groups in total. The molecule has 1 unspecified atom stereocenters. The molecule has 1 atom stereocenters. The topological polar surface area (TPSA) is 67.5 Å². The molecule has 4 nitrogen and oxygen atoms in total. The molecule has 5 heteroatoms. The van der Waals surface area contributed by atoms with Crippen molar-refractivity contribution in [3.05, 3.63) is 23.2 Å². The molecule has 0 aromatic heterocycles. The minimum absolute atomic E-state index is 0.362. The average Bonchev–Trinajstić information content (AvgIpc) is 2.67. The van der Waals surface area contributed by atoms with E-state index in [-0.39, 0.29) is 0 Å². The van der Waals surface area contributed by atoms with Crippen molar-refractivity contribution in [2.24, 2.45) is 0 Å². The number of hydrogen-bond acceptors (Lipinski definition) is 4. The van der Waals surface area contributed by atoms with Gasteiger partial charge in [-0.25, -0.2) is 0 Å². The first kappa shape index (κ1) is 11.5. The van der Waals surface area contributed by atoms with Crippen molar-refractivity contribution in [3.63, 3.8) is 0 Å². The Bertz CT molecular complexity index is 378. The molecule has 16 heavy (non-hydrogen) atoms. The van der Waals surface area contributed by atoms with Crippen LogP contribution in [0.25, 0.3) is 0 Å². The Kier molecular flexibility index (Phi) is 3.23. The summed E-state index contributed by atoms with van der Waals surface area (Å²) in [4.78, 5) is 0. The molecular weight excluding hydrogens is 228 g/mol.